The Morgan fingerprint density at radius 1 is 1.62 bits per heavy atom. The molecule has 1 aliphatic rings. The second kappa shape index (κ2) is 5.83. The van der Waals surface area contributed by atoms with Crippen LogP contribution in [0.25, 0.3) is 0 Å². The summed E-state index contributed by atoms with van der Waals surface area (Å²) in [5.41, 5.74) is 5.89. The number of nitrogens with two attached hydrogens (primary N) is 1. The summed E-state index contributed by atoms with van der Waals surface area (Å²) >= 11 is 0. The van der Waals surface area contributed by atoms with Crippen LogP contribution in [0, 0.1) is 17.2 Å². The van der Waals surface area contributed by atoms with Crippen LogP contribution in [0.2, 0.25) is 0 Å². The van der Waals surface area contributed by atoms with Crippen LogP contribution in [-0.2, 0) is 4.79 Å². The minimum atomic E-state index is 0.0663. The Hall–Kier alpha value is -1.12. The highest BCUT2D eigenvalue weighted by Crippen LogP contribution is 2.13. The van der Waals surface area contributed by atoms with E-state index in [0.717, 1.165) is 13.1 Å². The van der Waals surface area contributed by atoms with Gasteiger partial charge in [-0.15, -0.1) is 0 Å². The van der Waals surface area contributed by atoms with E-state index < -0.39 is 0 Å². The lowest BCUT2D eigenvalue weighted by Gasteiger charge is -2.20. The summed E-state index contributed by atoms with van der Waals surface area (Å²) in [7, 11) is 1.74. The molecule has 0 aromatic carbocycles. The summed E-state index contributed by atoms with van der Waals surface area (Å²) in [6.07, 6.45) is 0.387. The number of likely N-dealkylation sites (tertiary alicyclic amines) is 1. The highest BCUT2D eigenvalue weighted by Gasteiger charge is 2.28. The number of rotatable bonds is 4. The van der Waals surface area contributed by atoms with Gasteiger partial charge in [0.1, 0.15) is 0 Å². The number of nitrogens with zero attached hydrogens (tertiary/aromatic N) is 3. The molecule has 5 nitrogen and oxygen atoms in total. The maximum Gasteiger partial charge on any atom is 0.236 e. The Morgan fingerprint density at radius 2 is 2.31 bits per heavy atom. The summed E-state index contributed by atoms with van der Waals surface area (Å²) in [6.45, 7) is 4.71. The van der Waals surface area contributed by atoms with Crippen molar-refractivity contribution in [2.45, 2.75) is 19.4 Å². The zero-order valence-corrected chi connectivity index (χ0v) is 10.0. The number of hydrogen-bond donors (Lipinski definition) is 1. The summed E-state index contributed by atoms with van der Waals surface area (Å²) in [5.74, 6) is 0.522. The van der Waals surface area contributed by atoms with E-state index in [1.54, 1.807) is 11.9 Å². The van der Waals surface area contributed by atoms with Gasteiger partial charge in [-0.1, -0.05) is 6.92 Å². The molecule has 1 aliphatic heterocycles. The van der Waals surface area contributed by atoms with Gasteiger partial charge in [-0.3, -0.25) is 9.69 Å². The lowest BCUT2D eigenvalue weighted by atomic mass is 10.1. The van der Waals surface area contributed by atoms with E-state index in [4.69, 9.17) is 11.0 Å². The van der Waals surface area contributed by atoms with Gasteiger partial charge in [-0.25, -0.2) is 0 Å². The third kappa shape index (κ3) is 3.47. The molecule has 5 heteroatoms. The highest BCUT2D eigenvalue weighted by molar-refractivity contribution is 5.78. The number of hydrogen-bond acceptors (Lipinski definition) is 4. The fraction of sp³-hybridized carbons (Fsp3) is 0.818. The van der Waals surface area contributed by atoms with E-state index in [1.807, 2.05) is 6.07 Å². The first kappa shape index (κ1) is 12.9. The molecule has 2 atom stereocenters. The molecule has 90 valence electrons. The van der Waals surface area contributed by atoms with E-state index in [0.29, 0.717) is 25.4 Å². The second-order valence-electron chi connectivity index (χ2n) is 4.56. The molecule has 2 N–H and O–H groups in total. The Labute approximate surface area is 96.8 Å². The predicted octanol–water partition coefficient (Wildman–Crippen LogP) is -0.363. The molecular weight excluding hydrogens is 204 g/mol. The van der Waals surface area contributed by atoms with E-state index in [-0.39, 0.29) is 11.9 Å². The van der Waals surface area contributed by atoms with Crippen molar-refractivity contribution in [1.29, 1.82) is 5.26 Å². The van der Waals surface area contributed by atoms with Gasteiger partial charge in [0, 0.05) is 32.7 Å². The van der Waals surface area contributed by atoms with Crippen molar-refractivity contribution in [3.63, 3.8) is 0 Å². The lowest BCUT2D eigenvalue weighted by Crippen LogP contribution is -2.38. The highest BCUT2D eigenvalue weighted by atomic mass is 16.2. The molecule has 0 saturated carbocycles. The molecule has 2 unspecified atom stereocenters. The molecule has 1 rings (SSSR count). The zero-order valence-electron chi connectivity index (χ0n) is 10.0. The second-order valence-corrected chi connectivity index (χ2v) is 4.56. The topological polar surface area (TPSA) is 73.4 Å². The van der Waals surface area contributed by atoms with Crippen molar-refractivity contribution in [1.82, 2.24) is 9.80 Å². The molecule has 0 bridgehead atoms. The van der Waals surface area contributed by atoms with Crippen LogP contribution in [0.3, 0.4) is 0 Å². The largest absolute Gasteiger partial charge is 0.344 e. The number of likely N-dealkylation sites (N-methyl/N-ethyl adjacent to an activating group) is 1. The monoisotopic (exact) mass is 224 g/mol. The fourth-order valence-corrected chi connectivity index (χ4v) is 1.88. The predicted molar refractivity (Wildman–Crippen MR) is 61.4 cm³/mol. The van der Waals surface area contributed by atoms with Crippen molar-refractivity contribution < 1.29 is 4.79 Å². The average molecular weight is 224 g/mol. The van der Waals surface area contributed by atoms with Crippen LogP contribution >= 0.6 is 0 Å². The normalized spacial score (nSPS) is 25.4. The third-order valence-electron chi connectivity index (χ3n) is 3.09. The van der Waals surface area contributed by atoms with Gasteiger partial charge in [0.25, 0.3) is 0 Å². The van der Waals surface area contributed by atoms with Crippen molar-refractivity contribution in [2.24, 2.45) is 11.7 Å². The summed E-state index contributed by atoms with van der Waals surface area (Å²) in [5, 5.41) is 8.44. The van der Waals surface area contributed by atoms with Gasteiger partial charge < -0.3 is 10.6 Å². The molecule has 0 spiro atoms. The van der Waals surface area contributed by atoms with Crippen LogP contribution in [0.1, 0.15) is 13.3 Å². The Kier molecular flexibility index (Phi) is 4.71. The Balaban J connectivity index is 2.32. The van der Waals surface area contributed by atoms with Crippen LogP contribution in [0.5, 0.6) is 0 Å². The van der Waals surface area contributed by atoms with E-state index >= 15 is 0 Å². The molecule has 1 saturated heterocycles. The standard InChI is InChI=1S/C11H20N4O/c1-9-6-15(7-10(9)13)8-11(16)14(2)5-3-4-12/h9-10H,3,5-8,13H2,1-2H3. The van der Waals surface area contributed by atoms with Crippen molar-refractivity contribution in [3.8, 4) is 6.07 Å². The minimum absolute atomic E-state index is 0.0663. The minimum Gasteiger partial charge on any atom is -0.344 e. The van der Waals surface area contributed by atoms with Gasteiger partial charge in [0.2, 0.25) is 5.91 Å². The molecule has 0 aromatic rings. The molecule has 1 heterocycles. The Morgan fingerprint density at radius 3 is 2.81 bits per heavy atom. The third-order valence-corrected chi connectivity index (χ3v) is 3.09. The summed E-state index contributed by atoms with van der Waals surface area (Å²) in [6, 6.07) is 2.21. The summed E-state index contributed by atoms with van der Waals surface area (Å²) < 4.78 is 0. The fourth-order valence-electron chi connectivity index (χ4n) is 1.88. The first-order chi connectivity index (χ1) is 7.54. The van der Waals surface area contributed by atoms with Gasteiger partial charge in [-0.2, -0.15) is 5.26 Å². The van der Waals surface area contributed by atoms with Crippen molar-refractivity contribution >= 4 is 5.91 Å². The number of nitriles is 1. The first-order valence-corrected chi connectivity index (χ1v) is 5.63. The number of carbonyl (C=O) groups excluding carboxylic acids is 1. The summed E-state index contributed by atoms with van der Waals surface area (Å²) in [4.78, 5) is 15.4. The molecule has 1 amide bonds. The zero-order chi connectivity index (χ0) is 12.1. The van der Waals surface area contributed by atoms with Crippen LogP contribution in [-0.4, -0.2) is 55.0 Å². The van der Waals surface area contributed by atoms with Gasteiger partial charge in [-0.05, 0) is 5.92 Å². The average Bonchev–Trinajstić information content (AvgIpc) is 2.54. The molecule has 16 heavy (non-hydrogen) atoms. The molecule has 0 aliphatic carbocycles. The SMILES string of the molecule is CC1CN(CC(=O)N(C)CCC#N)CC1N. The molecule has 0 aromatic heterocycles. The van der Waals surface area contributed by atoms with Gasteiger partial charge in [0.05, 0.1) is 19.0 Å². The Bertz CT molecular complexity index is 276. The van der Waals surface area contributed by atoms with Crippen LogP contribution in [0.15, 0.2) is 0 Å². The van der Waals surface area contributed by atoms with E-state index in [9.17, 15) is 4.79 Å². The van der Waals surface area contributed by atoms with Crippen LogP contribution < -0.4 is 5.73 Å². The maximum absolute atomic E-state index is 11.8. The van der Waals surface area contributed by atoms with Crippen molar-refractivity contribution in [3.05, 3.63) is 0 Å². The maximum atomic E-state index is 11.8. The smallest absolute Gasteiger partial charge is 0.236 e. The lowest BCUT2D eigenvalue weighted by molar-refractivity contribution is -0.130. The van der Waals surface area contributed by atoms with Crippen molar-refractivity contribution in [2.75, 3.05) is 33.2 Å². The molecule has 1 fully saturated rings. The van der Waals surface area contributed by atoms with E-state index in [1.165, 1.54) is 0 Å². The molecule has 0 radical (unpaired) electrons. The quantitative estimate of drug-likeness (QED) is 0.707. The van der Waals surface area contributed by atoms with Crippen LogP contribution in [0.4, 0.5) is 0 Å². The number of carbonyl (C=O) groups is 1. The number of amides is 1. The van der Waals surface area contributed by atoms with Gasteiger partial charge >= 0.3 is 0 Å². The molecular formula is C11H20N4O. The van der Waals surface area contributed by atoms with Gasteiger partial charge in [0.15, 0.2) is 0 Å². The van der Waals surface area contributed by atoms with E-state index in [2.05, 4.69) is 11.8 Å². The first-order valence-electron chi connectivity index (χ1n) is 5.63.